The molecule has 1 heterocycles. The molecule has 19 heavy (non-hydrogen) atoms. The van der Waals surface area contributed by atoms with Crippen LogP contribution in [0.25, 0.3) is 10.8 Å². The summed E-state index contributed by atoms with van der Waals surface area (Å²) in [6.07, 6.45) is 1.90. The lowest BCUT2D eigenvalue weighted by molar-refractivity contribution is 0.304. The molecule has 2 N–H and O–H groups in total. The Morgan fingerprint density at radius 2 is 1.89 bits per heavy atom. The summed E-state index contributed by atoms with van der Waals surface area (Å²) >= 11 is 0. The maximum Gasteiger partial charge on any atom is 0.132 e. The zero-order chi connectivity index (χ0) is 13.2. The van der Waals surface area contributed by atoms with Crippen LogP contribution in [0.15, 0.2) is 48.7 Å². The molecule has 4 heteroatoms. The van der Waals surface area contributed by atoms with Crippen LogP contribution in [0.3, 0.4) is 0 Å². The highest BCUT2D eigenvalue weighted by molar-refractivity contribution is 5.96. The van der Waals surface area contributed by atoms with Gasteiger partial charge in [0.25, 0.3) is 0 Å². The molecule has 0 aliphatic heterocycles. The van der Waals surface area contributed by atoms with Crippen molar-refractivity contribution < 1.29 is 4.74 Å². The standard InChI is InChI=1S/C15H15N3O/c1-18-9-8-11(17-18)10-19-15-7-6-14(16)12-4-2-3-5-13(12)15/h2-9H,10,16H2,1H3. The molecule has 96 valence electrons. The molecule has 0 radical (unpaired) electrons. The normalized spacial score (nSPS) is 10.8. The van der Waals surface area contributed by atoms with E-state index in [1.54, 1.807) is 4.68 Å². The molecule has 0 fully saturated rings. The third-order valence-corrected chi connectivity index (χ3v) is 3.06. The van der Waals surface area contributed by atoms with Crippen LogP contribution in [0, 0.1) is 0 Å². The van der Waals surface area contributed by atoms with Gasteiger partial charge in [0.15, 0.2) is 0 Å². The van der Waals surface area contributed by atoms with E-state index >= 15 is 0 Å². The van der Waals surface area contributed by atoms with Gasteiger partial charge in [-0.2, -0.15) is 5.10 Å². The van der Waals surface area contributed by atoms with Gasteiger partial charge in [0, 0.05) is 29.7 Å². The summed E-state index contributed by atoms with van der Waals surface area (Å²) in [7, 11) is 1.89. The van der Waals surface area contributed by atoms with E-state index in [0.29, 0.717) is 6.61 Å². The van der Waals surface area contributed by atoms with Crippen LogP contribution in [0.4, 0.5) is 5.69 Å². The zero-order valence-electron chi connectivity index (χ0n) is 10.7. The quantitative estimate of drug-likeness (QED) is 0.730. The van der Waals surface area contributed by atoms with Crippen molar-refractivity contribution in [1.29, 1.82) is 0 Å². The van der Waals surface area contributed by atoms with Gasteiger partial charge >= 0.3 is 0 Å². The number of anilines is 1. The van der Waals surface area contributed by atoms with Crippen molar-refractivity contribution in [3.63, 3.8) is 0 Å². The van der Waals surface area contributed by atoms with Crippen molar-refractivity contribution in [2.75, 3.05) is 5.73 Å². The molecule has 1 aromatic heterocycles. The first-order valence-electron chi connectivity index (χ1n) is 6.12. The van der Waals surface area contributed by atoms with Crippen molar-refractivity contribution in [3.8, 4) is 5.75 Å². The Kier molecular flexibility index (Phi) is 2.83. The number of hydrogen-bond donors (Lipinski definition) is 1. The minimum atomic E-state index is 0.453. The van der Waals surface area contributed by atoms with E-state index < -0.39 is 0 Å². The van der Waals surface area contributed by atoms with Crippen molar-refractivity contribution in [3.05, 3.63) is 54.4 Å². The molecular formula is C15H15N3O. The number of rotatable bonds is 3. The van der Waals surface area contributed by atoms with Crippen LogP contribution in [-0.2, 0) is 13.7 Å². The maximum atomic E-state index is 5.96. The SMILES string of the molecule is Cn1ccc(COc2ccc(N)c3ccccc23)n1. The third kappa shape index (κ3) is 2.25. The Morgan fingerprint density at radius 1 is 1.11 bits per heavy atom. The van der Waals surface area contributed by atoms with Crippen molar-refractivity contribution in [2.45, 2.75) is 6.61 Å². The average Bonchev–Trinajstić information content (AvgIpc) is 2.84. The number of nitrogens with two attached hydrogens (primary N) is 1. The number of aromatic nitrogens is 2. The van der Waals surface area contributed by atoms with Crippen LogP contribution in [0.5, 0.6) is 5.75 Å². The first kappa shape index (κ1) is 11.6. The molecule has 0 spiro atoms. The van der Waals surface area contributed by atoms with Crippen LogP contribution in [0.2, 0.25) is 0 Å². The fourth-order valence-electron chi connectivity index (χ4n) is 2.11. The summed E-state index contributed by atoms with van der Waals surface area (Å²) in [5.41, 5.74) is 7.64. The highest BCUT2D eigenvalue weighted by atomic mass is 16.5. The first-order valence-corrected chi connectivity index (χ1v) is 6.12. The number of aryl methyl sites for hydroxylation is 1. The van der Waals surface area contributed by atoms with E-state index in [-0.39, 0.29) is 0 Å². The molecule has 0 unspecified atom stereocenters. The van der Waals surface area contributed by atoms with Crippen molar-refractivity contribution in [2.24, 2.45) is 7.05 Å². The Bertz CT molecular complexity index is 718. The largest absolute Gasteiger partial charge is 0.487 e. The van der Waals surface area contributed by atoms with Crippen LogP contribution >= 0.6 is 0 Å². The predicted molar refractivity (Wildman–Crippen MR) is 75.9 cm³/mol. The van der Waals surface area contributed by atoms with Gasteiger partial charge in [-0.3, -0.25) is 4.68 Å². The molecule has 0 amide bonds. The van der Waals surface area contributed by atoms with Gasteiger partial charge in [-0.15, -0.1) is 0 Å². The minimum Gasteiger partial charge on any atom is -0.487 e. The second-order valence-corrected chi connectivity index (χ2v) is 4.47. The van der Waals surface area contributed by atoms with E-state index in [9.17, 15) is 0 Å². The topological polar surface area (TPSA) is 53.1 Å². The molecule has 3 aromatic rings. The number of nitrogens with zero attached hydrogens (tertiary/aromatic N) is 2. The van der Waals surface area contributed by atoms with Gasteiger partial charge in [0.1, 0.15) is 12.4 Å². The molecule has 0 bridgehead atoms. The highest BCUT2D eigenvalue weighted by Crippen LogP contribution is 2.30. The summed E-state index contributed by atoms with van der Waals surface area (Å²) in [4.78, 5) is 0. The van der Waals surface area contributed by atoms with E-state index in [1.165, 1.54) is 0 Å². The van der Waals surface area contributed by atoms with E-state index in [4.69, 9.17) is 10.5 Å². The smallest absolute Gasteiger partial charge is 0.132 e. The monoisotopic (exact) mass is 253 g/mol. The fraction of sp³-hybridized carbons (Fsp3) is 0.133. The minimum absolute atomic E-state index is 0.453. The number of nitrogen functional groups attached to an aromatic ring is 1. The molecule has 0 saturated carbocycles. The summed E-state index contributed by atoms with van der Waals surface area (Å²) in [6, 6.07) is 13.7. The second kappa shape index (κ2) is 4.65. The van der Waals surface area contributed by atoms with Gasteiger partial charge < -0.3 is 10.5 Å². The number of ether oxygens (including phenoxy) is 1. The first-order chi connectivity index (χ1) is 9.24. The molecule has 4 nitrogen and oxygen atoms in total. The molecule has 2 aromatic carbocycles. The van der Waals surface area contributed by atoms with Crippen LogP contribution in [-0.4, -0.2) is 9.78 Å². The maximum absolute atomic E-state index is 5.96. The van der Waals surface area contributed by atoms with Crippen molar-refractivity contribution in [1.82, 2.24) is 9.78 Å². The summed E-state index contributed by atoms with van der Waals surface area (Å²) in [5, 5.41) is 6.33. The van der Waals surface area contributed by atoms with Gasteiger partial charge in [-0.25, -0.2) is 0 Å². The van der Waals surface area contributed by atoms with E-state index in [0.717, 1.165) is 27.9 Å². The zero-order valence-corrected chi connectivity index (χ0v) is 10.7. The Morgan fingerprint density at radius 3 is 2.63 bits per heavy atom. The third-order valence-electron chi connectivity index (χ3n) is 3.06. The van der Waals surface area contributed by atoms with Gasteiger partial charge in [-0.1, -0.05) is 24.3 Å². The molecule has 0 atom stereocenters. The summed E-state index contributed by atoms with van der Waals surface area (Å²) < 4.78 is 7.61. The number of fused-ring (bicyclic) bond motifs is 1. The molecule has 3 rings (SSSR count). The lowest BCUT2D eigenvalue weighted by Gasteiger charge is -2.09. The second-order valence-electron chi connectivity index (χ2n) is 4.47. The fourth-order valence-corrected chi connectivity index (χ4v) is 2.11. The van der Waals surface area contributed by atoms with Gasteiger partial charge in [-0.05, 0) is 18.2 Å². The van der Waals surface area contributed by atoms with E-state index in [1.807, 2.05) is 55.7 Å². The Balaban J connectivity index is 1.91. The molecule has 0 aliphatic carbocycles. The van der Waals surface area contributed by atoms with E-state index in [2.05, 4.69) is 5.10 Å². The van der Waals surface area contributed by atoms with Gasteiger partial charge in [0.2, 0.25) is 0 Å². The highest BCUT2D eigenvalue weighted by Gasteiger charge is 2.05. The van der Waals surface area contributed by atoms with Crippen LogP contribution < -0.4 is 10.5 Å². The Labute approximate surface area is 111 Å². The lowest BCUT2D eigenvalue weighted by Crippen LogP contribution is -1.99. The Hall–Kier alpha value is -2.49. The molecule has 0 aliphatic rings. The van der Waals surface area contributed by atoms with Crippen LogP contribution in [0.1, 0.15) is 5.69 Å². The average molecular weight is 253 g/mol. The number of benzene rings is 2. The lowest BCUT2D eigenvalue weighted by atomic mass is 10.1. The summed E-state index contributed by atoms with van der Waals surface area (Å²) in [5.74, 6) is 0.829. The molecular weight excluding hydrogens is 238 g/mol. The number of hydrogen-bond acceptors (Lipinski definition) is 3. The van der Waals surface area contributed by atoms with Gasteiger partial charge in [0.05, 0.1) is 5.69 Å². The summed E-state index contributed by atoms with van der Waals surface area (Å²) in [6.45, 7) is 0.453. The van der Waals surface area contributed by atoms with Crippen molar-refractivity contribution >= 4 is 16.5 Å². The molecule has 0 saturated heterocycles. The predicted octanol–water partition coefficient (Wildman–Crippen LogP) is 2.73.